The van der Waals surface area contributed by atoms with E-state index in [4.69, 9.17) is 0 Å². The number of carbonyl (C=O) groups is 1. The minimum Gasteiger partial charge on any atom is -0.349 e. The largest absolute Gasteiger partial charge is 0.349 e. The number of hydrogen-bond acceptors (Lipinski definition) is 4. The van der Waals surface area contributed by atoms with Crippen LogP contribution in [0, 0.1) is 17.8 Å². The number of hydrogen-bond donors (Lipinski definition) is 1. The van der Waals surface area contributed by atoms with Crippen molar-refractivity contribution in [3.63, 3.8) is 0 Å². The molecule has 1 heterocycles. The fourth-order valence-electron chi connectivity index (χ4n) is 6.04. The molecule has 27 heavy (non-hydrogen) atoms. The first kappa shape index (κ1) is 16.9. The van der Waals surface area contributed by atoms with Crippen molar-refractivity contribution in [2.24, 2.45) is 17.8 Å². The lowest BCUT2D eigenvalue weighted by atomic mass is 9.53. The number of aromatic nitrogens is 4. The fraction of sp³-hybridized carbons (Fsp3) is 0.619. The Bertz CT molecular complexity index is 805. The zero-order chi connectivity index (χ0) is 18.4. The van der Waals surface area contributed by atoms with Crippen molar-refractivity contribution in [1.29, 1.82) is 0 Å². The van der Waals surface area contributed by atoms with Gasteiger partial charge in [0.2, 0.25) is 11.7 Å². The van der Waals surface area contributed by atoms with Gasteiger partial charge in [-0.25, -0.2) is 0 Å². The summed E-state index contributed by atoms with van der Waals surface area (Å²) >= 11 is 0. The van der Waals surface area contributed by atoms with Gasteiger partial charge in [-0.2, -0.15) is 4.80 Å². The van der Waals surface area contributed by atoms with Crippen molar-refractivity contribution in [3.05, 3.63) is 29.8 Å². The predicted octanol–water partition coefficient (Wildman–Crippen LogP) is 2.99. The standard InChI is InChI=1S/C21H27N5O/c1-2-14-3-5-18(6-4-14)20-23-25-26(24-20)13-19(27)22-21-10-15-7-16(11-21)9-17(8-15)12-21/h3-6,15-17H,2,7-13H2,1H3,(H,22,27). The van der Waals surface area contributed by atoms with E-state index in [9.17, 15) is 4.79 Å². The van der Waals surface area contributed by atoms with Gasteiger partial charge in [0.1, 0.15) is 6.54 Å². The van der Waals surface area contributed by atoms with Crippen LogP contribution in [0.4, 0.5) is 0 Å². The SMILES string of the molecule is CCc1ccc(-c2nnn(CC(=O)NC34CC5CC(CC(C5)C3)C4)n2)cc1. The van der Waals surface area contributed by atoms with Crippen LogP contribution in [-0.4, -0.2) is 31.7 Å². The summed E-state index contributed by atoms with van der Waals surface area (Å²) in [5.41, 5.74) is 2.24. The van der Waals surface area contributed by atoms with E-state index in [-0.39, 0.29) is 18.0 Å². The van der Waals surface area contributed by atoms with E-state index in [0.717, 1.165) is 49.0 Å². The number of benzene rings is 1. The van der Waals surface area contributed by atoms with Gasteiger partial charge in [0.15, 0.2) is 0 Å². The van der Waals surface area contributed by atoms with Crippen LogP contribution in [0.25, 0.3) is 11.4 Å². The molecule has 4 bridgehead atoms. The normalized spacial score (nSPS) is 31.2. The summed E-state index contributed by atoms with van der Waals surface area (Å²) in [6.45, 7) is 2.27. The van der Waals surface area contributed by atoms with Crippen molar-refractivity contribution in [2.75, 3.05) is 0 Å². The Kier molecular flexibility index (Phi) is 4.02. The third-order valence-electron chi connectivity index (χ3n) is 6.80. The highest BCUT2D eigenvalue weighted by Crippen LogP contribution is 2.55. The predicted molar refractivity (Wildman–Crippen MR) is 102 cm³/mol. The van der Waals surface area contributed by atoms with Crippen LogP contribution < -0.4 is 5.32 Å². The van der Waals surface area contributed by atoms with Crippen molar-refractivity contribution < 1.29 is 4.79 Å². The lowest BCUT2D eigenvalue weighted by Gasteiger charge is -2.56. The van der Waals surface area contributed by atoms with Crippen LogP contribution in [0.3, 0.4) is 0 Å². The van der Waals surface area contributed by atoms with Crippen molar-refractivity contribution >= 4 is 5.91 Å². The number of rotatable bonds is 5. The smallest absolute Gasteiger partial charge is 0.244 e. The summed E-state index contributed by atoms with van der Waals surface area (Å²) in [6.07, 6.45) is 8.60. The van der Waals surface area contributed by atoms with Crippen molar-refractivity contribution in [2.45, 2.75) is 64.0 Å². The molecule has 4 aliphatic carbocycles. The molecule has 0 unspecified atom stereocenters. The topological polar surface area (TPSA) is 72.7 Å². The molecule has 6 nitrogen and oxygen atoms in total. The quantitative estimate of drug-likeness (QED) is 0.884. The molecule has 0 saturated heterocycles. The second-order valence-electron chi connectivity index (χ2n) is 8.94. The van der Waals surface area contributed by atoms with E-state index in [0.29, 0.717) is 5.82 Å². The van der Waals surface area contributed by atoms with E-state index in [2.05, 4.69) is 39.8 Å². The number of tetrazole rings is 1. The molecule has 142 valence electrons. The van der Waals surface area contributed by atoms with Crippen LogP contribution >= 0.6 is 0 Å². The Hall–Kier alpha value is -2.24. The average Bonchev–Trinajstić information content (AvgIpc) is 3.08. The van der Waals surface area contributed by atoms with Gasteiger partial charge in [-0.15, -0.1) is 10.2 Å². The molecule has 4 saturated carbocycles. The van der Waals surface area contributed by atoms with Crippen molar-refractivity contribution in [3.8, 4) is 11.4 Å². The fourth-order valence-corrected chi connectivity index (χ4v) is 6.04. The molecule has 0 atom stereocenters. The zero-order valence-electron chi connectivity index (χ0n) is 15.9. The molecule has 4 fully saturated rings. The molecule has 1 amide bonds. The molecule has 1 aromatic heterocycles. The van der Waals surface area contributed by atoms with Crippen molar-refractivity contribution in [1.82, 2.24) is 25.5 Å². The first-order valence-electron chi connectivity index (χ1n) is 10.3. The molecule has 2 aromatic rings. The van der Waals surface area contributed by atoms with E-state index < -0.39 is 0 Å². The van der Waals surface area contributed by atoms with Crippen LogP contribution in [-0.2, 0) is 17.8 Å². The molecule has 0 radical (unpaired) electrons. The average molecular weight is 365 g/mol. The summed E-state index contributed by atoms with van der Waals surface area (Å²) in [5.74, 6) is 3.04. The Morgan fingerprint density at radius 2 is 1.74 bits per heavy atom. The van der Waals surface area contributed by atoms with Crippen LogP contribution in [0.5, 0.6) is 0 Å². The third kappa shape index (κ3) is 3.26. The number of nitrogens with one attached hydrogen (secondary N) is 1. The zero-order valence-corrected chi connectivity index (χ0v) is 15.9. The molecule has 0 aliphatic heterocycles. The van der Waals surface area contributed by atoms with Gasteiger partial charge in [-0.3, -0.25) is 4.79 Å². The number of carbonyl (C=O) groups excluding carboxylic acids is 1. The molecule has 6 rings (SSSR count). The van der Waals surface area contributed by atoms with Crippen LogP contribution in [0.15, 0.2) is 24.3 Å². The highest BCUT2D eigenvalue weighted by atomic mass is 16.2. The van der Waals surface area contributed by atoms with E-state index in [1.54, 1.807) is 0 Å². The van der Waals surface area contributed by atoms with E-state index in [1.165, 1.54) is 29.6 Å². The first-order chi connectivity index (χ1) is 13.1. The monoisotopic (exact) mass is 365 g/mol. The first-order valence-corrected chi connectivity index (χ1v) is 10.3. The van der Waals surface area contributed by atoms with E-state index >= 15 is 0 Å². The maximum atomic E-state index is 12.7. The Morgan fingerprint density at radius 3 is 2.33 bits per heavy atom. The highest BCUT2D eigenvalue weighted by molar-refractivity contribution is 5.76. The summed E-state index contributed by atoms with van der Waals surface area (Å²) in [5, 5.41) is 16.0. The molecule has 0 spiro atoms. The van der Waals surface area contributed by atoms with Gasteiger partial charge in [-0.1, -0.05) is 31.2 Å². The van der Waals surface area contributed by atoms with Gasteiger partial charge in [0.25, 0.3) is 0 Å². The summed E-state index contributed by atoms with van der Waals surface area (Å²) in [4.78, 5) is 14.1. The third-order valence-corrected chi connectivity index (χ3v) is 6.80. The van der Waals surface area contributed by atoms with Gasteiger partial charge in [-0.05, 0) is 73.5 Å². The maximum absolute atomic E-state index is 12.7. The molecule has 4 aliphatic rings. The second kappa shape index (κ2) is 6.43. The Balaban J connectivity index is 1.24. The summed E-state index contributed by atoms with van der Waals surface area (Å²) in [6, 6.07) is 8.18. The van der Waals surface area contributed by atoms with E-state index in [1.807, 2.05) is 12.1 Å². The maximum Gasteiger partial charge on any atom is 0.244 e. The minimum absolute atomic E-state index is 0.0160. The molecule has 1 aromatic carbocycles. The van der Waals surface area contributed by atoms with Crippen LogP contribution in [0.1, 0.15) is 51.0 Å². The number of nitrogens with zero attached hydrogens (tertiary/aromatic N) is 4. The van der Waals surface area contributed by atoms with Gasteiger partial charge in [0.05, 0.1) is 0 Å². The minimum atomic E-state index is 0.0160. The van der Waals surface area contributed by atoms with Gasteiger partial charge in [0, 0.05) is 11.1 Å². The molecular formula is C21H27N5O. The highest BCUT2D eigenvalue weighted by Gasteiger charge is 2.51. The number of aryl methyl sites for hydroxylation is 1. The lowest BCUT2D eigenvalue weighted by molar-refractivity contribution is -0.127. The van der Waals surface area contributed by atoms with Crippen LogP contribution in [0.2, 0.25) is 0 Å². The molecular weight excluding hydrogens is 338 g/mol. The van der Waals surface area contributed by atoms with Gasteiger partial charge >= 0.3 is 0 Å². The lowest BCUT2D eigenvalue weighted by Crippen LogP contribution is -2.60. The summed E-state index contributed by atoms with van der Waals surface area (Å²) < 4.78 is 0. The number of amides is 1. The second-order valence-corrected chi connectivity index (χ2v) is 8.94. The van der Waals surface area contributed by atoms with Gasteiger partial charge < -0.3 is 5.32 Å². The molecule has 6 heteroatoms. The molecule has 1 N–H and O–H groups in total. The Morgan fingerprint density at radius 1 is 1.11 bits per heavy atom. The Labute approximate surface area is 159 Å². The summed E-state index contributed by atoms with van der Waals surface area (Å²) in [7, 11) is 0.